The number of benzene rings is 1. The zero-order chi connectivity index (χ0) is 18.6. The Hall–Kier alpha value is -1.38. The lowest BCUT2D eigenvalue weighted by Crippen LogP contribution is -2.42. The van der Waals surface area contributed by atoms with Crippen LogP contribution >= 0.6 is 0 Å². The van der Waals surface area contributed by atoms with E-state index < -0.39 is 0 Å². The van der Waals surface area contributed by atoms with Gasteiger partial charge in [0.25, 0.3) is 0 Å². The SMILES string of the molecule is C[C@H]1C=C(CN2CCC(NCc3ccc(C(C)(C)C)cc3)CC2)C=CC1. The van der Waals surface area contributed by atoms with Crippen molar-refractivity contribution in [3.05, 3.63) is 59.2 Å². The third kappa shape index (κ3) is 5.56. The van der Waals surface area contributed by atoms with Crippen LogP contribution in [0, 0.1) is 5.92 Å². The Morgan fingerprint density at radius 3 is 2.38 bits per heavy atom. The Morgan fingerprint density at radius 2 is 1.77 bits per heavy atom. The number of rotatable bonds is 5. The molecular weight excluding hydrogens is 316 g/mol. The average Bonchev–Trinajstić information content (AvgIpc) is 2.61. The minimum Gasteiger partial charge on any atom is -0.310 e. The van der Waals surface area contributed by atoms with Crippen molar-refractivity contribution in [2.75, 3.05) is 19.6 Å². The molecular formula is C24H36N2. The van der Waals surface area contributed by atoms with E-state index in [-0.39, 0.29) is 5.41 Å². The van der Waals surface area contributed by atoms with Crippen molar-refractivity contribution in [2.24, 2.45) is 5.92 Å². The van der Waals surface area contributed by atoms with E-state index in [1.165, 1.54) is 49.1 Å². The lowest BCUT2D eigenvalue weighted by molar-refractivity contribution is 0.211. The first-order valence-electron chi connectivity index (χ1n) is 10.3. The topological polar surface area (TPSA) is 15.3 Å². The molecule has 1 atom stereocenters. The van der Waals surface area contributed by atoms with Crippen molar-refractivity contribution < 1.29 is 0 Å². The van der Waals surface area contributed by atoms with Gasteiger partial charge in [0.1, 0.15) is 0 Å². The predicted molar refractivity (Wildman–Crippen MR) is 112 cm³/mol. The van der Waals surface area contributed by atoms with Crippen LogP contribution in [-0.2, 0) is 12.0 Å². The molecule has 2 aliphatic rings. The fraction of sp³-hybridized carbons (Fsp3) is 0.583. The van der Waals surface area contributed by atoms with E-state index in [1.54, 1.807) is 0 Å². The minimum atomic E-state index is 0.236. The van der Waals surface area contributed by atoms with Crippen LogP contribution in [0.25, 0.3) is 0 Å². The molecule has 0 unspecified atom stereocenters. The summed E-state index contributed by atoms with van der Waals surface area (Å²) in [5, 5.41) is 3.77. The zero-order valence-electron chi connectivity index (χ0n) is 17.1. The highest BCUT2D eigenvalue weighted by Crippen LogP contribution is 2.22. The molecule has 1 heterocycles. The van der Waals surface area contributed by atoms with Gasteiger partial charge < -0.3 is 5.32 Å². The summed E-state index contributed by atoms with van der Waals surface area (Å²) in [5.41, 5.74) is 4.55. The summed E-state index contributed by atoms with van der Waals surface area (Å²) in [6, 6.07) is 9.79. The Bertz CT molecular complexity index is 625. The Balaban J connectivity index is 1.41. The first-order chi connectivity index (χ1) is 12.4. The zero-order valence-corrected chi connectivity index (χ0v) is 17.1. The van der Waals surface area contributed by atoms with Crippen LogP contribution in [0.2, 0.25) is 0 Å². The highest BCUT2D eigenvalue weighted by Gasteiger charge is 2.20. The van der Waals surface area contributed by atoms with E-state index in [0.29, 0.717) is 12.0 Å². The molecule has 1 aromatic rings. The fourth-order valence-corrected chi connectivity index (χ4v) is 3.97. The highest BCUT2D eigenvalue weighted by atomic mass is 15.1. The predicted octanol–water partition coefficient (Wildman–Crippen LogP) is 5.06. The molecule has 26 heavy (non-hydrogen) atoms. The molecule has 0 amide bonds. The third-order valence-corrected chi connectivity index (χ3v) is 5.75. The number of nitrogens with zero attached hydrogens (tertiary/aromatic N) is 1. The Morgan fingerprint density at radius 1 is 1.08 bits per heavy atom. The van der Waals surface area contributed by atoms with E-state index in [4.69, 9.17) is 0 Å². The second-order valence-corrected chi connectivity index (χ2v) is 9.24. The summed E-state index contributed by atoms with van der Waals surface area (Å²) < 4.78 is 0. The molecule has 0 radical (unpaired) electrons. The smallest absolute Gasteiger partial charge is 0.0230 e. The van der Waals surface area contributed by atoms with Gasteiger partial charge in [0.05, 0.1) is 0 Å². The standard InChI is InChI=1S/C24H36N2/c1-19-6-5-7-21(16-19)18-26-14-12-23(13-15-26)25-17-20-8-10-22(11-9-20)24(2,3)4/h5,7-11,16,19,23,25H,6,12-15,17-18H2,1-4H3/t19-/m1/s1. The highest BCUT2D eigenvalue weighted by molar-refractivity contribution is 5.27. The second-order valence-electron chi connectivity index (χ2n) is 9.24. The molecule has 1 fully saturated rings. The number of hydrogen-bond acceptors (Lipinski definition) is 2. The maximum Gasteiger partial charge on any atom is 0.0230 e. The van der Waals surface area contributed by atoms with Crippen molar-refractivity contribution in [1.29, 1.82) is 0 Å². The van der Waals surface area contributed by atoms with Crippen LogP contribution in [0.15, 0.2) is 48.1 Å². The van der Waals surface area contributed by atoms with Gasteiger partial charge in [-0.1, -0.05) is 70.2 Å². The quantitative estimate of drug-likeness (QED) is 0.797. The Kier molecular flexibility index (Phi) is 6.37. The van der Waals surface area contributed by atoms with E-state index in [0.717, 1.165) is 13.1 Å². The first-order valence-corrected chi connectivity index (χ1v) is 10.3. The molecule has 2 nitrogen and oxygen atoms in total. The first kappa shape index (κ1) is 19.4. The molecule has 1 saturated heterocycles. The van der Waals surface area contributed by atoms with Crippen LogP contribution in [0.4, 0.5) is 0 Å². The number of allylic oxidation sites excluding steroid dienone is 2. The monoisotopic (exact) mass is 352 g/mol. The van der Waals surface area contributed by atoms with E-state index in [2.05, 4.69) is 80.4 Å². The van der Waals surface area contributed by atoms with Gasteiger partial charge in [0.2, 0.25) is 0 Å². The summed E-state index contributed by atoms with van der Waals surface area (Å²) >= 11 is 0. The largest absolute Gasteiger partial charge is 0.310 e. The van der Waals surface area contributed by atoms with E-state index >= 15 is 0 Å². The van der Waals surface area contributed by atoms with E-state index in [9.17, 15) is 0 Å². The van der Waals surface area contributed by atoms with Crippen molar-refractivity contribution >= 4 is 0 Å². The number of piperidine rings is 1. The Labute approximate surface area is 160 Å². The van der Waals surface area contributed by atoms with Gasteiger partial charge in [-0.05, 0) is 60.4 Å². The van der Waals surface area contributed by atoms with Crippen molar-refractivity contribution in [3.8, 4) is 0 Å². The molecule has 1 aliphatic carbocycles. The number of hydrogen-bond donors (Lipinski definition) is 1. The van der Waals surface area contributed by atoms with Gasteiger partial charge in [-0.3, -0.25) is 4.90 Å². The van der Waals surface area contributed by atoms with Crippen LogP contribution in [0.3, 0.4) is 0 Å². The molecule has 1 aromatic carbocycles. The van der Waals surface area contributed by atoms with Crippen molar-refractivity contribution in [3.63, 3.8) is 0 Å². The lowest BCUT2D eigenvalue weighted by atomic mass is 9.87. The summed E-state index contributed by atoms with van der Waals surface area (Å²) in [7, 11) is 0. The summed E-state index contributed by atoms with van der Waals surface area (Å²) in [6.45, 7) is 13.7. The van der Waals surface area contributed by atoms with Gasteiger partial charge >= 0.3 is 0 Å². The summed E-state index contributed by atoms with van der Waals surface area (Å²) in [4.78, 5) is 2.62. The lowest BCUT2D eigenvalue weighted by Gasteiger charge is -2.33. The third-order valence-electron chi connectivity index (χ3n) is 5.75. The van der Waals surface area contributed by atoms with E-state index in [1.807, 2.05) is 0 Å². The summed E-state index contributed by atoms with van der Waals surface area (Å²) in [5.74, 6) is 0.707. The van der Waals surface area contributed by atoms with Crippen molar-refractivity contribution in [1.82, 2.24) is 10.2 Å². The van der Waals surface area contributed by atoms with Crippen LogP contribution in [0.1, 0.15) is 58.1 Å². The van der Waals surface area contributed by atoms with Crippen LogP contribution in [0.5, 0.6) is 0 Å². The van der Waals surface area contributed by atoms with Gasteiger partial charge in [-0.25, -0.2) is 0 Å². The molecule has 0 saturated carbocycles. The molecule has 2 heteroatoms. The normalized spacial score (nSPS) is 22.5. The molecule has 0 spiro atoms. The number of likely N-dealkylation sites (tertiary alicyclic amines) is 1. The maximum atomic E-state index is 3.77. The van der Waals surface area contributed by atoms with Gasteiger partial charge in [-0.2, -0.15) is 0 Å². The van der Waals surface area contributed by atoms with Gasteiger partial charge in [-0.15, -0.1) is 0 Å². The van der Waals surface area contributed by atoms with Crippen LogP contribution in [-0.4, -0.2) is 30.6 Å². The maximum absolute atomic E-state index is 3.77. The molecule has 0 bridgehead atoms. The molecule has 1 aliphatic heterocycles. The average molecular weight is 353 g/mol. The summed E-state index contributed by atoms with van der Waals surface area (Å²) in [6.07, 6.45) is 10.8. The second kappa shape index (κ2) is 8.54. The van der Waals surface area contributed by atoms with Gasteiger partial charge in [0, 0.05) is 19.1 Å². The number of nitrogens with one attached hydrogen (secondary N) is 1. The molecule has 142 valence electrons. The molecule has 0 aromatic heterocycles. The van der Waals surface area contributed by atoms with Gasteiger partial charge in [0.15, 0.2) is 0 Å². The fourth-order valence-electron chi connectivity index (χ4n) is 3.97. The van der Waals surface area contributed by atoms with Crippen molar-refractivity contribution in [2.45, 2.75) is 65.0 Å². The minimum absolute atomic E-state index is 0.236. The molecule has 3 rings (SSSR count). The molecule has 1 N–H and O–H groups in total. The van der Waals surface area contributed by atoms with Crippen LogP contribution < -0.4 is 5.32 Å².